The number of hydrogen-bond acceptors (Lipinski definition) is 8. The Morgan fingerprint density at radius 3 is 2.65 bits per heavy atom. The van der Waals surface area contributed by atoms with Crippen molar-refractivity contribution in [1.29, 1.82) is 0 Å². The number of allylic oxidation sites excluding steroid dienone is 4. The van der Waals surface area contributed by atoms with Crippen LogP contribution in [0.2, 0.25) is 0 Å². The molecule has 1 heterocycles. The minimum absolute atomic E-state index is 0.0164. The molecule has 0 saturated heterocycles. The first-order chi connectivity index (χ1) is 31.6. The predicted molar refractivity (Wildman–Crippen MR) is 259 cm³/mol. The van der Waals surface area contributed by atoms with E-state index in [1.165, 1.54) is 23.1 Å². The number of phenolic OH excluding ortho intramolecular Hbond substituents is 2. The van der Waals surface area contributed by atoms with E-state index in [-0.39, 0.29) is 58.8 Å². The summed E-state index contributed by atoms with van der Waals surface area (Å²) in [5, 5.41) is 28.3. The lowest BCUT2D eigenvalue weighted by molar-refractivity contribution is -0.114. The van der Waals surface area contributed by atoms with Crippen LogP contribution in [-0.2, 0) is 27.9 Å². The van der Waals surface area contributed by atoms with Crippen LogP contribution >= 0.6 is 0 Å². The van der Waals surface area contributed by atoms with Gasteiger partial charge in [0.1, 0.15) is 5.75 Å². The number of nitrogens with two attached hydrogens (primary N) is 1. The average molecular weight is 878 g/mol. The number of benzene rings is 3. The van der Waals surface area contributed by atoms with Crippen LogP contribution < -0.4 is 15.8 Å². The van der Waals surface area contributed by atoms with Crippen molar-refractivity contribution in [3.63, 3.8) is 0 Å². The van der Waals surface area contributed by atoms with Crippen molar-refractivity contribution in [1.82, 2.24) is 5.32 Å². The van der Waals surface area contributed by atoms with Gasteiger partial charge < -0.3 is 30.7 Å². The Morgan fingerprint density at radius 2 is 1.85 bits per heavy atom. The number of nitrogens with zero attached hydrogens (tertiary/aromatic N) is 1. The number of phenols is 2. The molecular formula is C57H71N3O5. The summed E-state index contributed by atoms with van der Waals surface area (Å²) in [5.41, 5.74) is 15.4. The highest BCUT2D eigenvalue weighted by molar-refractivity contribution is 5.89. The van der Waals surface area contributed by atoms with Gasteiger partial charge in [-0.25, -0.2) is 4.99 Å². The first-order valence-corrected chi connectivity index (χ1v) is 25.1. The predicted octanol–water partition coefficient (Wildman–Crippen LogP) is 11.2. The van der Waals surface area contributed by atoms with Crippen LogP contribution in [0.5, 0.6) is 17.2 Å². The standard InChI is InChI=1S/C57H71N3O5/c1-4-5-7-17-44(61)22-21-39-34-52(65-46-18-8-9-19-46)55(63)54-47(39)20-13-16-43-31-41-33-49-48(25-36(2)26-50(49)53(54)51(41)35-64-3)40-28-38(30-45(62)32-40)27-37-14-12-15-42(29-37)57(60-56(58)59-43)23-10-6-11-24-57/h7,12,14-15,17,28-30,32-34,36,41,43,46,48,50-51,53,62-63H,4-6,8-11,16,18-19,21-27,31,35H2,1-3H3,(H3,58,59,60). The topological polar surface area (TPSA) is 126 Å². The smallest absolute Gasteiger partial charge is 0.189 e. The number of aryl methyl sites for hydroxylation is 1. The molecule has 65 heavy (non-hydrogen) atoms. The fourth-order valence-electron chi connectivity index (χ4n) is 12.9. The monoisotopic (exact) mass is 878 g/mol. The molecule has 5 N–H and O–H groups in total. The highest BCUT2D eigenvalue weighted by atomic mass is 16.5. The van der Waals surface area contributed by atoms with Gasteiger partial charge >= 0.3 is 0 Å². The van der Waals surface area contributed by atoms with Crippen molar-refractivity contribution in [3.05, 3.63) is 111 Å². The molecule has 6 aliphatic rings. The molecule has 0 aromatic heterocycles. The van der Waals surface area contributed by atoms with Gasteiger partial charge in [0.05, 0.1) is 24.3 Å². The van der Waals surface area contributed by atoms with E-state index < -0.39 is 0 Å². The molecule has 3 aromatic rings. The maximum atomic E-state index is 13.4. The van der Waals surface area contributed by atoms with Gasteiger partial charge in [-0.15, -0.1) is 0 Å². The SMILES string of the molecule is CCCC=CC(=O)CCc1cc(OC2CCCC2)c(O)c2c1C#CCC1CC3C=C4C(CC(C)CC4C2C3COC)c2cc(O)cc(c2)Cc2cccc(c2)C2(CCCCC2)NC(N)=N1. The van der Waals surface area contributed by atoms with Crippen molar-refractivity contribution in [2.24, 2.45) is 34.4 Å². The Morgan fingerprint density at radius 1 is 1.02 bits per heavy atom. The molecule has 3 saturated carbocycles. The van der Waals surface area contributed by atoms with Crippen LogP contribution in [0.4, 0.5) is 0 Å². The van der Waals surface area contributed by atoms with Gasteiger partial charge in [0.15, 0.2) is 23.2 Å². The van der Waals surface area contributed by atoms with E-state index in [0.29, 0.717) is 62.1 Å². The number of carbonyl (C=O) groups excluding carboxylic acids is 1. The first kappa shape index (κ1) is 45.2. The number of methoxy groups -OCH3 is 1. The number of guanidine groups is 1. The van der Waals surface area contributed by atoms with Gasteiger partial charge in [0, 0.05) is 42.9 Å². The number of carbonyl (C=O) groups is 1. The van der Waals surface area contributed by atoms with Crippen molar-refractivity contribution < 1.29 is 24.5 Å². The number of aliphatic imine (C=N–C) groups is 1. The minimum Gasteiger partial charge on any atom is -0.508 e. The Hall–Kier alpha value is -5.00. The van der Waals surface area contributed by atoms with Crippen LogP contribution in [-0.4, -0.2) is 47.8 Å². The molecule has 8 nitrogen and oxygen atoms in total. The van der Waals surface area contributed by atoms with E-state index >= 15 is 0 Å². The van der Waals surface area contributed by atoms with E-state index in [1.54, 1.807) is 13.2 Å². The molecule has 7 atom stereocenters. The second kappa shape index (κ2) is 19.8. The zero-order valence-electron chi connectivity index (χ0n) is 39.0. The number of fused-ring (bicyclic) bond motifs is 11. The van der Waals surface area contributed by atoms with Gasteiger partial charge in [-0.2, -0.15) is 0 Å². The second-order valence-corrected chi connectivity index (χ2v) is 20.6. The van der Waals surface area contributed by atoms with Gasteiger partial charge in [-0.05, 0) is 153 Å². The lowest BCUT2D eigenvalue weighted by atomic mass is 9.55. The van der Waals surface area contributed by atoms with Gasteiger partial charge in [-0.1, -0.05) is 99.4 Å². The third-order valence-corrected chi connectivity index (χ3v) is 15.8. The third-order valence-electron chi connectivity index (χ3n) is 15.8. The van der Waals surface area contributed by atoms with Crippen LogP contribution in [0.3, 0.4) is 0 Å². The molecule has 0 radical (unpaired) electrons. The summed E-state index contributed by atoms with van der Waals surface area (Å²) in [6, 6.07) is 17.0. The molecule has 0 amide bonds. The van der Waals surface area contributed by atoms with Gasteiger partial charge in [0.2, 0.25) is 0 Å². The fraction of sp³-hybridized carbons (Fsp3) is 0.544. The number of aromatic hydroxyl groups is 2. The lowest BCUT2D eigenvalue weighted by Gasteiger charge is -2.49. The van der Waals surface area contributed by atoms with Gasteiger partial charge in [-0.3, -0.25) is 4.79 Å². The number of unbranched alkanes of at least 4 members (excludes halogenated alkanes) is 1. The number of rotatable bonds is 10. The van der Waals surface area contributed by atoms with E-state index in [4.69, 9.17) is 20.2 Å². The number of ether oxygens (including phenoxy) is 2. The quantitative estimate of drug-likeness (QED) is 0.0907. The highest BCUT2D eigenvalue weighted by Gasteiger charge is 2.49. The average Bonchev–Trinajstić information content (AvgIpc) is 3.80. The van der Waals surface area contributed by atoms with Crippen LogP contribution in [0.15, 0.2) is 77.3 Å². The Balaban J connectivity index is 1.26. The first-order valence-electron chi connectivity index (χ1n) is 25.1. The Labute approximate surface area is 387 Å². The summed E-state index contributed by atoms with van der Waals surface area (Å²) < 4.78 is 13.0. The van der Waals surface area contributed by atoms with Crippen LogP contribution in [0, 0.1) is 35.5 Å². The Kier molecular flexibility index (Phi) is 13.8. The number of ketones is 1. The van der Waals surface area contributed by atoms with Crippen molar-refractivity contribution in [2.45, 2.75) is 159 Å². The van der Waals surface area contributed by atoms with Crippen molar-refractivity contribution >= 4 is 11.7 Å². The molecule has 5 aliphatic carbocycles. The Bertz CT molecular complexity index is 2370. The van der Waals surface area contributed by atoms with Crippen LogP contribution in [0.25, 0.3) is 0 Å². The van der Waals surface area contributed by atoms with E-state index in [9.17, 15) is 15.0 Å². The molecule has 8 heteroatoms. The summed E-state index contributed by atoms with van der Waals surface area (Å²) in [6.07, 6.45) is 22.2. The van der Waals surface area contributed by atoms with Crippen molar-refractivity contribution in [3.8, 4) is 29.1 Å². The zero-order chi connectivity index (χ0) is 45.1. The molecule has 3 fully saturated rings. The molecule has 8 bridgehead atoms. The van der Waals surface area contributed by atoms with E-state index in [2.05, 4.69) is 67.4 Å². The van der Waals surface area contributed by atoms with Crippen LogP contribution in [0.1, 0.15) is 167 Å². The molecule has 7 unspecified atom stereocenters. The highest BCUT2D eigenvalue weighted by Crippen LogP contribution is 2.59. The molecule has 1 aliphatic heterocycles. The normalized spacial score (nSPS) is 27.2. The summed E-state index contributed by atoms with van der Waals surface area (Å²) >= 11 is 0. The maximum Gasteiger partial charge on any atom is 0.189 e. The van der Waals surface area contributed by atoms with E-state index in [0.717, 1.165) is 105 Å². The summed E-state index contributed by atoms with van der Waals surface area (Å²) in [5.74, 6) is 9.13. The number of hydrogen-bond donors (Lipinski definition) is 4. The lowest BCUT2D eigenvalue weighted by Crippen LogP contribution is -2.50. The molecule has 3 aromatic carbocycles. The molecular weight excluding hydrogens is 807 g/mol. The third kappa shape index (κ3) is 9.78. The van der Waals surface area contributed by atoms with Gasteiger partial charge in [0.25, 0.3) is 0 Å². The minimum atomic E-state index is -0.344. The maximum absolute atomic E-state index is 13.4. The van der Waals surface area contributed by atoms with E-state index in [1.807, 2.05) is 24.3 Å². The zero-order valence-corrected chi connectivity index (χ0v) is 39.0. The van der Waals surface area contributed by atoms with Crippen molar-refractivity contribution in [2.75, 3.05) is 13.7 Å². The molecule has 344 valence electrons. The summed E-state index contributed by atoms with van der Waals surface area (Å²) in [6.45, 7) is 4.97. The number of nitrogens with one attached hydrogen (secondary N) is 1. The summed E-state index contributed by atoms with van der Waals surface area (Å²) in [4.78, 5) is 18.8. The molecule has 1 spiro atoms. The largest absolute Gasteiger partial charge is 0.508 e. The molecule has 9 rings (SSSR count). The summed E-state index contributed by atoms with van der Waals surface area (Å²) in [7, 11) is 1.79. The fourth-order valence-corrected chi connectivity index (χ4v) is 12.9. The second-order valence-electron chi connectivity index (χ2n) is 20.6.